The third-order valence-corrected chi connectivity index (χ3v) is 8.74. The van der Waals surface area contributed by atoms with E-state index in [2.05, 4.69) is 62.3 Å². The maximum atomic E-state index is 8.67. The SMILES string of the molecule is CC1C(C)C(C)C(C)C1C.CC1C(C)C(C)C(COCCCO)C1C.[CH3-].[CH3-].[Fe+2]. The predicted molar refractivity (Wildman–Crippen MR) is 121 cm³/mol. The first-order chi connectivity index (χ1) is 11.6. The molecule has 4 atom stereocenters. The third-order valence-electron chi connectivity index (χ3n) is 8.74. The molecule has 2 aliphatic rings. The molecule has 172 valence electrons. The minimum Gasteiger partial charge on any atom is -0.396 e. The number of aliphatic hydroxyl groups excluding tert-OH is 1. The van der Waals surface area contributed by atoms with Crippen LogP contribution < -0.4 is 0 Å². The van der Waals surface area contributed by atoms with Crippen molar-refractivity contribution in [2.75, 3.05) is 19.8 Å². The maximum absolute atomic E-state index is 8.67. The second-order valence-electron chi connectivity index (χ2n) is 9.55. The molecule has 28 heavy (non-hydrogen) atoms. The molecule has 0 heterocycles. The summed E-state index contributed by atoms with van der Waals surface area (Å²) in [6, 6.07) is 0. The summed E-state index contributed by atoms with van der Waals surface area (Å²) in [5, 5.41) is 8.67. The first kappa shape index (κ1) is 33.1. The van der Waals surface area contributed by atoms with E-state index in [0.29, 0.717) is 12.5 Å². The number of ether oxygens (including phenoxy) is 1. The van der Waals surface area contributed by atoms with Gasteiger partial charge in [-0.3, -0.25) is 0 Å². The van der Waals surface area contributed by atoms with E-state index in [1.54, 1.807) is 0 Å². The largest absolute Gasteiger partial charge is 2.00 e. The second-order valence-corrected chi connectivity index (χ2v) is 9.55. The Morgan fingerprint density at radius 3 is 1.14 bits per heavy atom. The number of hydrogen-bond acceptors (Lipinski definition) is 2. The van der Waals surface area contributed by atoms with Crippen LogP contribution in [-0.2, 0) is 21.8 Å². The molecule has 0 bridgehead atoms. The molecule has 0 aromatic rings. The topological polar surface area (TPSA) is 29.5 Å². The van der Waals surface area contributed by atoms with Crippen LogP contribution in [0.1, 0.15) is 68.7 Å². The van der Waals surface area contributed by atoms with Crippen molar-refractivity contribution in [3.05, 3.63) is 14.9 Å². The van der Waals surface area contributed by atoms with Crippen molar-refractivity contribution in [1.82, 2.24) is 0 Å². The van der Waals surface area contributed by atoms with Crippen molar-refractivity contribution in [2.24, 2.45) is 59.2 Å². The molecule has 2 aliphatic carbocycles. The van der Waals surface area contributed by atoms with Gasteiger partial charge in [0.25, 0.3) is 0 Å². The molecule has 0 aromatic heterocycles. The summed E-state index contributed by atoms with van der Waals surface area (Å²) < 4.78 is 5.64. The molecule has 0 spiro atoms. The van der Waals surface area contributed by atoms with Crippen molar-refractivity contribution in [3.63, 3.8) is 0 Å². The Kier molecular flexibility index (Phi) is 18.0. The Hall–Kier alpha value is 0.439. The molecule has 2 rings (SSSR count). The van der Waals surface area contributed by atoms with Crippen molar-refractivity contribution in [1.29, 1.82) is 0 Å². The van der Waals surface area contributed by atoms with Crippen LogP contribution in [0.3, 0.4) is 0 Å². The molecule has 1 N–H and O–H groups in total. The summed E-state index contributed by atoms with van der Waals surface area (Å²) in [5.74, 6) is 8.54. The number of rotatable bonds is 5. The fourth-order valence-electron chi connectivity index (χ4n) is 5.30. The molecule has 0 saturated heterocycles. The fraction of sp³-hybridized carbons (Fsp3) is 0.920. The van der Waals surface area contributed by atoms with Crippen molar-refractivity contribution in [3.8, 4) is 0 Å². The van der Waals surface area contributed by atoms with Gasteiger partial charge in [0, 0.05) is 19.8 Å². The van der Waals surface area contributed by atoms with Crippen LogP contribution in [0, 0.1) is 74.0 Å². The summed E-state index contributed by atoms with van der Waals surface area (Å²) in [4.78, 5) is 0. The Morgan fingerprint density at radius 1 is 0.571 bits per heavy atom. The molecule has 0 amide bonds. The summed E-state index contributed by atoms with van der Waals surface area (Å²) in [7, 11) is 0. The summed E-state index contributed by atoms with van der Waals surface area (Å²) in [6.45, 7) is 23.2. The molecule has 0 radical (unpaired) electrons. The standard InChI is InChI=1S/C13H26O2.C10H20.2CH3.Fe/c1-9-10(2)12(4)13(11(9)3)8-15-7-5-6-14;1-6-7(2)9(4)10(5)8(6)3;;;/h9-14H,5-8H2,1-4H3;6-10H,1-5H3;2*1H3;/q;;2*-1;+2. The zero-order chi connectivity index (χ0) is 19.3. The second kappa shape index (κ2) is 15.3. The molecule has 0 aliphatic heterocycles. The average Bonchev–Trinajstić information content (AvgIpc) is 2.89. The van der Waals surface area contributed by atoms with E-state index in [0.717, 1.165) is 66.3 Å². The van der Waals surface area contributed by atoms with Crippen LogP contribution in [0.25, 0.3) is 0 Å². The van der Waals surface area contributed by atoms with Crippen molar-refractivity contribution >= 4 is 0 Å². The minimum absolute atomic E-state index is 0. The van der Waals surface area contributed by atoms with Crippen LogP contribution in [0.5, 0.6) is 0 Å². The molecular formula is C25H52FeO2. The Labute approximate surface area is 189 Å². The molecule has 4 unspecified atom stereocenters. The third kappa shape index (κ3) is 7.93. The first-order valence-corrected chi connectivity index (χ1v) is 10.8. The van der Waals surface area contributed by atoms with Gasteiger partial charge < -0.3 is 24.7 Å². The smallest absolute Gasteiger partial charge is 0.396 e. The predicted octanol–water partition coefficient (Wildman–Crippen LogP) is 6.64. The van der Waals surface area contributed by atoms with E-state index in [1.165, 1.54) is 0 Å². The molecule has 2 nitrogen and oxygen atoms in total. The Bertz CT molecular complexity index is 317. The monoisotopic (exact) mass is 440 g/mol. The van der Waals surface area contributed by atoms with Gasteiger partial charge in [-0.15, -0.1) is 0 Å². The van der Waals surface area contributed by atoms with E-state index in [9.17, 15) is 0 Å². The van der Waals surface area contributed by atoms with Gasteiger partial charge in [-0.2, -0.15) is 0 Å². The van der Waals surface area contributed by atoms with E-state index >= 15 is 0 Å². The van der Waals surface area contributed by atoms with Gasteiger partial charge in [0.1, 0.15) is 0 Å². The molecule has 0 aromatic carbocycles. The summed E-state index contributed by atoms with van der Waals surface area (Å²) in [5.41, 5.74) is 0. The molecule has 3 heteroatoms. The van der Waals surface area contributed by atoms with Crippen molar-refractivity contribution in [2.45, 2.75) is 68.7 Å². The van der Waals surface area contributed by atoms with E-state index in [1.807, 2.05) is 0 Å². The summed E-state index contributed by atoms with van der Waals surface area (Å²) >= 11 is 0. The Balaban J connectivity index is -0.000000427. The van der Waals surface area contributed by atoms with Gasteiger partial charge in [0.15, 0.2) is 0 Å². The first-order valence-electron chi connectivity index (χ1n) is 10.8. The van der Waals surface area contributed by atoms with Crippen LogP contribution in [-0.4, -0.2) is 24.9 Å². The van der Waals surface area contributed by atoms with Crippen molar-refractivity contribution < 1.29 is 26.9 Å². The van der Waals surface area contributed by atoms with Crippen LogP contribution >= 0.6 is 0 Å². The van der Waals surface area contributed by atoms with Crippen LogP contribution in [0.4, 0.5) is 0 Å². The minimum atomic E-state index is 0. The number of hydrogen-bond donors (Lipinski definition) is 1. The molecular weight excluding hydrogens is 388 g/mol. The number of aliphatic hydroxyl groups is 1. The van der Waals surface area contributed by atoms with Gasteiger partial charge in [-0.1, -0.05) is 62.3 Å². The van der Waals surface area contributed by atoms with Crippen LogP contribution in [0.15, 0.2) is 0 Å². The van der Waals surface area contributed by atoms with Gasteiger partial charge in [0.2, 0.25) is 0 Å². The zero-order valence-corrected chi connectivity index (χ0v) is 21.9. The normalized spacial score (nSPS) is 41.8. The fourth-order valence-corrected chi connectivity index (χ4v) is 5.30. The van der Waals surface area contributed by atoms with Gasteiger partial charge in [0.05, 0.1) is 0 Å². The zero-order valence-electron chi connectivity index (χ0n) is 20.8. The Morgan fingerprint density at radius 2 is 0.857 bits per heavy atom. The van der Waals surface area contributed by atoms with Crippen LogP contribution in [0.2, 0.25) is 0 Å². The van der Waals surface area contributed by atoms with Gasteiger partial charge in [-0.25, -0.2) is 0 Å². The van der Waals surface area contributed by atoms with Gasteiger partial charge in [-0.05, 0) is 65.6 Å². The summed E-state index contributed by atoms with van der Waals surface area (Å²) in [6.07, 6.45) is 0.764. The average molecular weight is 441 g/mol. The van der Waals surface area contributed by atoms with Gasteiger partial charge >= 0.3 is 17.1 Å². The van der Waals surface area contributed by atoms with E-state index in [4.69, 9.17) is 9.84 Å². The molecule has 2 fully saturated rings. The van der Waals surface area contributed by atoms with E-state index in [-0.39, 0.29) is 38.5 Å². The maximum Gasteiger partial charge on any atom is 2.00 e. The quantitative estimate of drug-likeness (QED) is 0.295. The molecule has 2 saturated carbocycles. The van der Waals surface area contributed by atoms with E-state index < -0.39 is 0 Å².